The van der Waals surface area contributed by atoms with Crippen molar-refractivity contribution in [1.82, 2.24) is 30.7 Å². The predicted molar refractivity (Wildman–Crippen MR) is 232 cm³/mol. The van der Waals surface area contributed by atoms with Gasteiger partial charge in [0.2, 0.25) is 29.5 Å². The maximum atomic E-state index is 14.3. The van der Waals surface area contributed by atoms with Crippen molar-refractivity contribution in [3.63, 3.8) is 0 Å². The standard InChI is InChI=1S/C45H76N6O9/c1-13-30(6)40(50(10)45(58)38(28(2)3)48-44(57)39(29(4)5)49(8)9)35(59-11)27-36(52)51-25-19-22-34(51)41(60-12)31(7)42(55)47-33(26-32-20-15-14-16-21-32)43(56)46-24-18-17-23-37(53)54/h14-16,20-21,28-31,33-35,38-41H,13,17-19,22-27H2,1-12H3,(H,46,56)(H,47,55)(H,48,57)(H,53,54)/t30?,31-,33+,34+,35-,38+,39+,40+,41-/m1/s1. The van der Waals surface area contributed by atoms with Crippen LogP contribution in [0.15, 0.2) is 30.3 Å². The fourth-order valence-corrected chi connectivity index (χ4v) is 8.51. The van der Waals surface area contributed by atoms with Crippen molar-refractivity contribution in [2.75, 3.05) is 48.5 Å². The van der Waals surface area contributed by atoms with Crippen molar-refractivity contribution < 1.29 is 43.3 Å². The highest BCUT2D eigenvalue weighted by Gasteiger charge is 2.43. The highest BCUT2D eigenvalue weighted by atomic mass is 16.5. The monoisotopic (exact) mass is 845 g/mol. The second-order valence-electron chi connectivity index (χ2n) is 17.4. The molecular formula is C45H76N6O9. The number of methoxy groups -OCH3 is 2. The Bertz CT molecular complexity index is 1520. The summed E-state index contributed by atoms with van der Waals surface area (Å²) < 4.78 is 12.0. The van der Waals surface area contributed by atoms with Crippen molar-refractivity contribution in [1.29, 1.82) is 0 Å². The van der Waals surface area contributed by atoms with E-state index in [1.165, 1.54) is 7.11 Å². The Labute approximate surface area is 359 Å². The van der Waals surface area contributed by atoms with Crippen LogP contribution in [0.25, 0.3) is 0 Å². The number of carboxylic acid groups (broad SMARTS) is 1. The number of ether oxygens (including phenoxy) is 2. The predicted octanol–water partition coefficient (Wildman–Crippen LogP) is 3.73. The van der Waals surface area contributed by atoms with E-state index in [1.807, 2.05) is 90.9 Å². The van der Waals surface area contributed by atoms with Crippen LogP contribution >= 0.6 is 0 Å². The summed E-state index contributed by atoms with van der Waals surface area (Å²) >= 11 is 0. The molecule has 1 aliphatic rings. The van der Waals surface area contributed by atoms with Gasteiger partial charge in [-0.1, -0.05) is 85.2 Å². The van der Waals surface area contributed by atoms with E-state index in [4.69, 9.17) is 14.6 Å². The summed E-state index contributed by atoms with van der Waals surface area (Å²) in [5.41, 5.74) is 0.858. The summed E-state index contributed by atoms with van der Waals surface area (Å²) in [5, 5.41) is 17.8. The molecule has 0 aromatic heterocycles. The van der Waals surface area contributed by atoms with E-state index >= 15 is 0 Å². The van der Waals surface area contributed by atoms with Crippen LogP contribution < -0.4 is 16.0 Å². The lowest BCUT2D eigenvalue weighted by molar-refractivity contribution is -0.148. The summed E-state index contributed by atoms with van der Waals surface area (Å²) in [6.45, 7) is 14.3. The number of hydrogen-bond acceptors (Lipinski definition) is 9. The first-order valence-corrected chi connectivity index (χ1v) is 21.7. The average molecular weight is 845 g/mol. The molecule has 15 nitrogen and oxygen atoms in total. The second kappa shape index (κ2) is 25.6. The Morgan fingerprint density at radius 2 is 1.52 bits per heavy atom. The lowest BCUT2D eigenvalue weighted by atomic mass is 9.89. The molecule has 1 aliphatic heterocycles. The van der Waals surface area contributed by atoms with Gasteiger partial charge in [-0.3, -0.25) is 33.7 Å². The molecule has 60 heavy (non-hydrogen) atoms. The first-order chi connectivity index (χ1) is 28.3. The van der Waals surface area contributed by atoms with Crippen molar-refractivity contribution in [2.45, 2.75) is 142 Å². The van der Waals surface area contributed by atoms with Crippen LogP contribution in [0, 0.1) is 23.7 Å². The topological polar surface area (TPSA) is 187 Å². The van der Waals surface area contributed by atoms with Gasteiger partial charge in [0.15, 0.2) is 0 Å². The first-order valence-electron chi connectivity index (χ1n) is 21.7. The van der Waals surface area contributed by atoms with Gasteiger partial charge in [0.25, 0.3) is 0 Å². The van der Waals surface area contributed by atoms with Gasteiger partial charge in [0.1, 0.15) is 12.1 Å². The molecule has 340 valence electrons. The number of carbonyl (C=O) groups is 6. The number of unbranched alkanes of at least 4 members (excludes halogenated alkanes) is 1. The normalized spacial score (nSPS) is 18.2. The van der Waals surface area contributed by atoms with E-state index in [2.05, 4.69) is 16.0 Å². The minimum absolute atomic E-state index is 0.00800. The SMILES string of the molecule is CCC(C)[C@@H]([C@@H](CC(=O)N1CCC[C@H]1[C@H](OC)[C@@H](C)C(=O)N[C@@H](Cc1ccccc1)C(=O)NCCCCC(=O)O)OC)N(C)C(=O)[C@@H](NC(=O)[C@H](C(C)C)N(C)C)C(C)C. The number of aliphatic carboxylic acids is 1. The molecular weight excluding hydrogens is 769 g/mol. The molecule has 1 unspecified atom stereocenters. The number of carboxylic acids is 1. The fourth-order valence-electron chi connectivity index (χ4n) is 8.51. The number of rotatable bonds is 26. The largest absolute Gasteiger partial charge is 0.481 e. The van der Waals surface area contributed by atoms with E-state index in [-0.39, 0.29) is 67.2 Å². The van der Waals surface area contributed by atoms with Crippen molar-refractivity contribution in [3.8, 4) is 0 Å². The number of benzene rings is 1. The van der Waals surface area contributed by atoms with Crippen molar-refractivity contribution in [3.05, 3.63) is 35.9 Å². The zero-order valence-electron chi connectivity index (χ0n) is 38.4. The maximum absolute atomic E-state index is 14.3. The molecule has 1 saturated heterocycles. The molecule has 1 fully saturated rings. The molecule has 0 saturated carbocycles. The third kappa shape index (κ3) is 15.1. The van der Waals surface area contributed by atoms with Crippen LogP contribution in [0.3, 0.4) is 0 Å². The molecule has 0 bridgehead atoms. The highest BCUT2D eigenvalue weighted by molar-refractivity contribution is 5.90. The first kappa shape index (κ1) is 52.1. The molecule has 0 spiro atoms. The van der Waals surface area contributed by atoms with Gasteiger partial charge in [-0.2, -0.15) is 0 Å². The molecule has 1 aromatic rings. The smallest absolute Gasteiger partial charge is 0.303 e. The van der Waals surface area contributed by atoms with Gasteiger partial charge in [0, 0.05) is 47.2 Å². The second-order valence-corrected chi connectivity index (χ2v) is 17.4. The van der Waals surface area contributed by atoms with Gasteiger partial charge in [-0.15, -0.1) is 0 Å². The van der Waals surface area contributed by atoms with Crippen molar-refractivity contribution >= 4 is 35.5 Å². The van der Waals surface area contributed by atoms with E-state index in [0.29, 0.717) is 38.6 Å². The zero-order chi connectivity index (χ0) is 45.3. The quantitative estimate of drug-likeness (QED) is 0.100. The van der Waals surface area contributed by atoms with Gasteiger partial charge in [-0.05, 0) is 63.1 Å². The van der Waals surface area contributed by atoms with Crippen LogP contribution in [0.4, 0.5) is 0 Å². The van der Waals surface area contributed by atoms with Crippen LogP contribution in [-0.4, -0.2) is 146 Å². The Balaban J connectivity index is 2.28. The van der Waals surface area contributed by atoms with Crippen LogP contribution in [0.2, 0.25) is 0 Å². The summed E-state index contributed by atoms with van der Waals surface area (Å²) in [4.78, 5) is 85.6. The average Bonchev–Trinajstić information content (AvgIpc) is 3.68. The number of carbonyl (C=O) groups excluding carboxylic acids is 5. The molecule has 0 radical (unpaired) electrons. The lowest BCUT2D eigenvalue weighted by Crippen LogP contribution is -2.59. The fraction of sp³-hybridized carbons (Fsp3) is 0.733. The Hall–Kier alpha value is -4.08. The van der Waals surface area contributed by atoms with E-state index in [0.717, 1.165) is 5.56 Å². The summed E-state index contributed by atoms with van der Waals surface area (Å²) in [6, 6.07) is 6.34. The van der Waals surface area contributed by atoms with E-state index in [9.17, 15) is 28.8 Å². The lowest BCUT2D eigenvalue weighted by Gasteiger charge is -2.41. The number of likely N-dealkylation sites (tertiary alicyclic amines) is 1. The number of nitrogens with one attached hydrogen (secondary N) is 3. The van der Waals surface area contributed by atoms with Crippen LogP contribution in [0.5, 0.6) is 0 Å². The molecule has 2 rings (SSSR count). The van der Waals surface area contributed by atoms with Crippen LogP contribution in [-0.2, 0) is 44.7 Å². The maximum Gasteiger partial charge on any atom is 0.303 e. The van der Waals surface area contributed by atoms with Gasteiger partial charge >= 0.3 is 5.97 Å². The zero-order valence-corrected chi connectivity index (χ0v) is 38.4. The Morgan fingerprint density at radius 3 is 2.05 bits per heavy atom. The molecule has 4 N–H and O–H groups in total. The number of likely N-dealkylation sites (N-methyl/N-ethyl adjacent to an activating group) is 2. The third-order valence-corrected chi connectivity index (χ3v) is 12.0. The minimum Gasteiger partial charge on any atom is -0.481 e. The summed E-state index contributed by atoms with van der Waals surface area (Å²) in [6.07, 6.45) is 1.82. The number of amides is 5. The van der Waals surface area contributed by atoms with E-state index < -0.39 is 60.2 Å². The van der Waals surface area contributed by atoms with Gasteiger partial charge in [-0.25, -0.2) is 0 Å². The minimum atomic E-state index is -0.896. The van der Waals surface area contributed by atoms with Crippen LogP contribution in [0.1, 0.15) is 99.0 Å². The summed E-state index contributed by atoms with van der Waals surface area (Å²) in [5.74, 6) is -3.29. The van der Waals surface area contributed by atoms with Gasteiger partial charge < -0.3 is 40.3 Å². The van der Waals surface area contributed by atoms with Crippen molar-refractivity contribution in [2.24, 2.45) is 23.7 Å². The molecule has 5 amide bonds. The molecule has 9 atom stereocenters. The van der Waals surface area contributed by atoms with E-state index in [1.54, 1.807) is 30.9 Å². The molecule has 1 aromatic carbocycles. The number of hydrogen-bond donors (Lipinski definition) is 4. The Morgan fingerprint density at radius 1 is 0.867 bits per heavy atom. The number of nitrogens with zero attached hydrogens (tertiary/aromatic N) is 3. The highest BCUT2D eigenvalue weighted by Crippen LogP contribution is 2.30. The molecule has 15 heteroatoms. The summed E-state index contributed by atoms with van der Waals surface area (Å²) in [7, 11) is 8.47. The molecule has 1 heterocycles. The van der Waals surface area contributed by atoms with Gasteiger partial charge in [0.05, 0.1) is 42.7 Å². The molecule has 0 aliphatic carbocycles. The third-order valence-electron chi connectivity index (χ3n) is 12.0. The Kier molecular flexibility index (Phi) is 22.2.